The Balaban J connectivity index is 1.50. The molecule has 0 bridgehead atoms. The van der Waals surface area contributed by atoms with Gasteiger partial charge in [-0.2, -0.15) is 0 Å². The van der Waals surface area contributed by atoms with Gasteiger partial charge < -0.3 is 14.6 Å². The van der Waals surface area contributed by atoms with Gasteiger partial charge in [0, 0.05) is 38.4 Å². The van der Waals surface area contributed by atoms with Gasteiger partial charge in [0.25, 0.3) is 5.91 Å². The summed E-state index contributed by atoms with van der Waals surface area (Å²) in [6.45, 7) is 6.64. The van der Waals surface area contributed by atoms with Gasteiger partial charge in [-0.15, -0.1) is 0 Å². The van der Waals surface area contributed by atoms with Crippen LogP contribution >= 0.6 is 0 Å². The number of hydrogen-bond donors (Lipinski definition) is 1. The van der Waals surface area contributed by atoms with E-state index >= 15 is 0 Å². The van der Waals surface area contributed by atoms with Gasteiger partial charge in [-0.25, -0.2) is 9.37 Å². The molecule has 1 aromatic carbocycles. The molecule has 1 fully saturated rings. The SMILES string of the molecule is CCCNC(=O)c1coc(CN2CCN(c3ccc(F)cc3)CC2)n1. The molecule has 0 spiro atoms. The van der Waals surface area contributed by atoms with Crippen molar-refractivity contribution in [2.45, 2.75) is 19.9 Å². The number of rotatable bonds is 6. The van der Waals surface area contributed by atoms with Crippen LogP contribution in [0.25, 0.3) is 0 Å². The molecule has 1 aliphatic heterocycles. The van der Waals surface area contributed by atoms with Crippen LogP contribution in [-0.4, -0.2) is 48.5 Å². The molecule has 7 heteroatoms. The quantitative estimate of drug-likeness (QED) is 0.869. The lowest BCUT2D eigenvalue weighted by atomic mass is 10.2. The first kappa shape index (κ1) is 17.4. The molecule has 1 aliphatic rings. The van der Waals surface area contributed by atoms with E-state index in [0.29, 0.717) is 24.7 Å². The Bertz CT molecular complexity index is 693. The topological polar surface area (TPSA) is 61.6 Å². The molecule has 1 aromatic heterocycles. The Morgan fingerprint density at radius 1 is 1.24 bits per heavy atom. The second-order valence-corrected chi connectivity index (χ2v) is 6.12. The number of carbonyl (C=O) groups excluding carboxylic acids is 1. The molecule has 1 amide bonds. The predicted octanol–water partition coefficient (Wildman–Crippen LogP) is 2.28. The van der Waals surface area contributed by atoms with Crippen molar-refractivity contribution in [3.05, 3.63) is 47.9 Å². The van der Waals surface area contributed by atoms with Crippen molar-refractivity contribution in [3.63, 3.8) is 0 Å². The Morgan fingerprint density at radius 3 is 2.64 bits per heavy atom. The molecule has 3 rings (SSSR count). The van der Waals surface area contributed by atoms with Crippen molar-refractivity contribution in [1.82, 2.24) is 15.2 Å². The lowest BCUT2D eigenvalue weighted by molar-refractivity contribution is 0.0948. The molecule has 25 heavy (non-hydrogen) atoms. The molecule has 2 aromatic rings. The Morgan fingerprint density at radius 2 is 1.96 bits per heavy atom. The largest absolute Gasteiger partial charge is 0.447 e. The number of amides is 1. The van der Waals surface area contributed by atoms with Crippen LogP contribution in [0, 0.1) is 5.82 Å². The number of piperazine rings is 1. The highest BCUT2D eigenvalue weighted by atomic mass is 19.1. The molecule has 0 aliphatic carbocycles. The minimum Gasteiger partial charge on any atom is -0.447 e. The summed E-state index contributed by atoms with van der Waals surface area (Å²) in [5.41, 5.74) is 1.36. The fraction of sp³-hybridized carbons (Fsp3) is 0.444. The van der Waals surface area contributed by atoms with E-state index in [0.717, 1.165) is 38.3 Å². The zero-order chi connectivity index (χ0) is 17.6. The first-order chi connectivity index (χ1) is 12.2. The third kappa shape index (κ3) is 4.57. The standard InChI is InChI=1S/C18H23FN4O2/c1-2-7-20-18(24)16-13-25-17(21-16)12-22-8-10-23(11-9-22)15-5-3-14(19)4-6-15/h3-6,13H,2,7-12H2,1H3,(H,20,24). The number of benzene rings is 1. The summed E-state index contributed by atoms with van der Waals surface area (Å²) >= 11 is 0. The zero-order valence-corrected chi connectivity index (χ0v) is 14.4. The molecule has 134 valence electrons. The first-order valence-electron chi connectivity index (χ1n) is 8.61. The summed E-state index contributed by atoms with van der Waals surface area (Å²) in [5, 5.41) is 2.79. The third-order valence-electron chi connectivity index (χ3n) is 4.24. The van der Waals surface area contributed by atoms with Gasteiger partial charge in [0.15, 0.2) is 5.69 Å². The lowest BCUT2D eigenvalue weighted by Crippen LogP contribution is -2.46. The second-order valence-electron chi connectivity index (χ2n) is 6.12. The van der Waals surface area contributed by atoms with E-state index in [1.165, 1.54) is 18.4 Å². The van der Waals surface area contributed by atoms with E-state index in [1.54, 1.807) is 12.1 Å². The van der Waals surface area contributed by atoms with Gasteiger partial charge >= 0.3 is 0 Å². The van der Waals surface area contributed by atoms with Crippen LogP contribution in [-0.2, 0) is 6.54 Å². The summed E-state index contributed by atoms with van der Waals surface area (Å²) in [6.07, 6.45) is 2.30. The number of anilines is 1. The van der Waals surface area contributed by atoms with Crippen LogP contribution in [0.3, 0.4) is 0 Å². The van der Waals surface area contributed by atoms with Crippen molar-refractivity contribution < 1.29 is 13.6 Å². The molecule has 1 saturated heterocycles. The average Bonchev–Trinajstić information content (AvgIpc) is 3.10. The van der Waals surface area contributed by atoms with Gasteiger partial charge in [0.05, 0.1) is 6.54 Å². The van der Waals surface area contributed by atoms with Crippen molar-refractivity contribution in [2.75, 3.05) is 37.6 Å². The van der Waals surface area contributed by atoms with Crippen molar-refractivity contribution >= 4 is 11.6 Å². The Hall–Kier alpha value is -2.41. The Labute approximate surface area is 146 Å². The second kappa shape index (κ2) is 8.11. The molecule has 1 N–H and O–H groups in total. The van der Waals surface area contributed by atoms with Gasteiger partial charge in [-0.05, 0) is 30.7 Å². The minimum absolute atomic E-state index is 0.196. The molecule has 0 radical (unpaired) electrons. The summed E-state index contributed by atoms with van der Waals surface area (Å²) in [4.78, 5) is 20.6. The number of aromatic nitrogens is 1. The van der Waals surface area contributed by atoms with Crippen LogP contribution in [0.4, 0.5) is 10.1 Å². The first-order valence-corrected chi connectivity index (χ1v) is 8.61. The molecular weight excluding hydrogens is 323 g/mol. The fourth-order valence-corrected chi connectivity index (χ4v) is 2.82. The highest BCUT2D eigenvalue weighted by Crippen LogP contribution is 2.17. The van der Waals surface area contributed by atoms with Gasteiger partial charge in [0.2, 0.25) is 5.89 Å². The molecule has 0 atom stereocenters. The molecule has 0 saturated carbocycles. The average molecular weight is 346 g/mol. The van der Waals surface area contributed by atoms with Gasteiger partial charge in [-0.1, -0.05) is 6.92 Å². The normalized spacial score (nSPS) is 15.4. The van der Waals surface area contributed by atoms with E-state index in [9.17, 15) is 9.18 Å². The maximum atomic E-state index is 13.0. The van der Waals surface area contributed by atoms with E-state index in [4.69, 9.17) is 4.42 Å². The van der Waals surface area contributed by atoms with Crippen LogP contribution in [0.1, 0.15) is 29.7 Å². The smallest absolute Gasteiger partial charge is 0.273 e. The van der Waals surface area contributed by atoms with E-state index in [1.807, 2.05) is 6.92 Å². The fourth-order valence-electron chi connectivity index (χ4n) is 2.82. The van der Waals surface area contributed by atoms with E-state index < -0.39 is 0 Å². The van der Waals surface area contributed by atoms with E-state index in [-0.39, 0.29) is 11.7 Å². The number of oxazole rings is 1. The number of hydrogen-bond acceptors (Lipinski definition) is 5. The number of nitrogens with one attached hydrogen (secondary N) is 1. The van der Waals surface area contributed by atoms with Gasteiger partial charge in [-0.3, -0.25) is 9.69 Å². The molecule has 2 heterocycles. The highest BCUT2D eigenvalue weighted by Gasteiger charge is 2.20. The van der Waals surface area contributed by atoms with Crippen LogP contribution < -0.4 is 10.2 Å². The third-order valence-corrected chi connectivity index (χ3v) is 4.24. The van der Waals surface area contributed by atoms with E-state index in [2.05, 4.69) is 20.1 Å². The predicted molar refractivity (Wildman–Crippen MR) is 93.0 cm³/mol. The van der Waals surface area contributed by atoms with Crippen molar-refractivity contribution in [2.24, 2.45) is 0 Å². The van der Waals surface area contributed by atoms with Crippen molar-refractivity contribution in [1.29, 1.82) is 0 Å². The number of halogens is 1. The number of carbonyl (C=O) groups is 1. The highest BCUT2D eigenvalue weighted by molar-refractivity contribution is 5.91. The minimum atomic E-state index is -0.218. The molecule has 6 nitrogen and oxygen atoms in total. The number of nitrogens with zero attached hydrogens (tertiary/aromatic N) is 3. The lowest BCUT2D eigenvalue weighted by Gasteiger charge is -2.35. The van der Waals surface area contributed by atoms with Crippen LogP contribution in [0.15, 0.2) is 34.9 Å². The van der Waals surface area contributed by atoms with Crippen LogP contribution in [0.2, 0.25) is 0 Å². The summed E-state index contributed by atoms with van der Waals surface area (Å²) in [6, 6.07) is 6.58. The van der Waals surface area contributed by atoms with Gasteiger partial charge in [0.1, 0.15) is 12.1 Å². The summed E-state index contributed by atoms with van der Waals surface area (Å²) < 4.78 is 18.4. The molecular formula is C18H23FN4O2. The monoisotopic (exact) mass is 346 g/mol. The van der Waals surface area contributed by atoms with Crippen molar-refractivity contribution in [3.8, 4) is 0 Å². The maximum absolute atomic E-state index is 13.0. The zero-order valence-electron chi connectivity index (χ0n) is 14.4. The Kier molecular flexibility index (Phi) is 5.65. The summed E-state index contributed by atoms with van der Waals surface area (Å²) in [7, 11) is 0. The summed E-state index contributed by atoms with van der Waals surface area (Å²) in [5.74, 6) is 0.139. The van der Waals surface area contributed by atoms with Crippen LogP contribution in [0.5, 0.6) is 0 Å². The maximum Gasteiger partial charge on any atom is 0.273 e. The molecule has 0 unspecified atom stereocenters.